The molecule has 0 aliphatic carbocycles. The van der Waals surface area contributed by atoms with Crippen LogP contribution in [0.4, 0.5) is 0 Å². The Morgan fingerprint density at radius 2 is 2.14 bits per heavy atom. The average molecular weight is 411 g/mol. The number of hydrogen-bond acceptors (Lipinski definition) is 5. The van der Waals surface area contributed by atoms with Crippen molar-refractivity contribution in [2.75, 3.05) is 19.0 Å². The lowest BCUT2D eigenvalue weighted by molar-refractivity contribution is 0.0937. The maximum absolute atomic E-state index is 13.1. The average Bonchev–Trinajstić information content (AvgIpc) is 3.27. The summed E-state index contributed by atoms with van der Waals surface area (Å²) in [6.45, 7) is 4.01. The molecule has 29 heavy (non-hydrogen) atoms. The molecule has 1 saturated heterocycles. The Hall–Kier alpha value is -2.31. The molecule has 0 bridgehead atoms. The molecule has 0 amide bonds. The predicted octanol–water partition coefficient (Wildman–Crippen LogP) is 4.31. The highest BCUT2D eigenvalue weighted by Crippen LogP contribution is 2.21. The number of aryl methyl sites for hydroxylation is 1. The lowest BCUT2D eigenvalue weighted by Gasteiger charge is -2.16. The van der Waals surface area contributed by atoms with Crippen molar-refractivity contribution in [1.82, 2.24) is 9.55 Å². The van der Waals surface area contributed by atoms with Crippen molar-refractivity contribution in [3.05, 3.63) is 64.4 Å². The Kier molecular flexibility index (Phi) is 6.52. The standard InChI is InChI=1S/C23H26N2O3S/c1-2-17-7-5-8-18(15-17)28-13-14-29-23-24-21-11-4-3-10-20(21)22(26)25(23)16-19-9-6-12-27-19/h3-5,7-8,10-11,15,19H,2,6,9,12-14,16H2,1H3. The Bertz CT molecular complexity index is 1030. The lowest BCUT2D eigenvalue weighted by Crippen LogP contribution is -2.29. The van der Waals surface area contributed by atoms with Crippen LogP contribution in [0.25, 0.3) is 10.9 Å². The monoisotopic (exact) mass is 410 g/mol. The molecule has 1 fully saturated rings. The molecule has 4 rings (SSSR count). The second-order valence-corrected chi connectivity index (χ2v) is 8.22. The molecule has 1 aliphatic heterocycles. The number of thioether (sulfide) groups is 1. The van der Waals surface area contributed by atoms with E-state index < -0.39 is 0 Å². The fourth-order valence-electron chi connectivity index (χ4n) is 3.56. The minimum atomic E-state index is 0.00478. The van der Waals surface area contributed by atoms with Crippen LogP contribution in [0, 0.1) is 0 Å². The van der Waals surface area contributed by atoms with E-state index in [0.29, 0.717) is 24.3 Å². The van der Waals surface area contributed by atoms with Crippen LogP contribution in [0.3, 0.4) is 0 Å². The number of hydrogen-bond donors (Lipinski definition) is 0. The molecule has 2 aromatic carbocycles. The molecule has 0 saturated carbocycles. The van der Waals surface area contributed by atoms with Gasteiger partial charge >= 0.3 is 0 Å². The van der Waals surface area contributed by atoms with Gasteiger partial charge in [0.2, 0.25) is 0 Å². The number of rotatable bonds is 8. The normalized spacial score (nSPS) is 16.4. The summed E-state index contributed by atoms with van der Waals surface area (Å²) in [4.78, 5) is 17.8. The van der Waals surface area contributed by atoms with Crippen LogP contribution < -0.4 is 10.3 Å². The van der Waals surface area contributed by atoms with Crippen molar-refractivity contribution < 1.29 is 9.47 Å². The molecular weight excluding hydrogens is 384 g/mol. The van der Waals surface area contributed by atoms with Crippen LogP contribution >= 0.6 is 11.8 Å². The van der Waals surface area contributed by atoms with Gasteiger partial charge in [0.1, 0.15) is 5.75 Å². The van der Waals surface area contributed by atoms with Crippen LogP contribution in [0.2, 0.25) is 0 Å². The van der Waals surface area contributed by atoms with Crippen LogP contribution in [-0.2, 0) is 17.7 Å². The van der Waals surface area contributed by atoms with Gasteiger partial charge < -0.3 is 9.47 Å². The zero-order chi connectivity index (χ0) is 20.1. The van der Waals surface area contributed by atoms with Crippen LogP contribution in [0.15, 0.2) is 58.5 Å². The lowest BCUT2D eigenvalue weighted by atomic mass is 10.2. The Balaban J connectivity index is 1.49. The molecule has 3 aromatic rings. The molecule has 1 aliphatic rings. The summed E-state index contributed by atoms with van der Waals surface area (Å²) < 4.78 is 13.4. The van der Waals surface area contributed by atoms with Crippen molar-refractivity contribution >= 4 is 22.7 Å². The van der Waals surface area contributed by atoms with Crippen LogP contribution in [-0.4, -0.2) is 34.6 Å². The molecule has 1 aromatic heterocycles. The fraction of sp³-hybridized carbons (Fsp3) is 0.391. The number of para-hydroxylation sites is 1. The minimum absolute atomic E-state index is 0.00478. The molecule has 1 atom stereocenters. The van der Waals surface area contributed by atoms with Gasteiger partial charge in [-0.05, 0) is 49.1 Å². The Morgan fingerprint density at radius 1 is 1.24 bits per heavy atom. The number of ether oxygens (including phenoxy) is 2. The highest BCUT2D eigenvalue weighted by Gasteiger charge is 2.20. The third-order valence-electron chi connectivity index (χ3n) is 5.13. The smallest absolute Gasteiger partial charge is 0.262 e. The van der Waals surface area contributed by atoms with Gasteiger partial charge in [0.25, 0.3) is 5.56 Å². The first-order valence-corrected chi connectivity index (χ1v) is 11.2. The zero-order valence-corrected chi connectivity index (χ0v) is 17.5. The summed E-state index contributed by atoms with van der Waals surface area (Å²) in [6.07, 6.45) is 3.11. The number of nitrogens with zero attached hydrogens (tertiary/aromatic N) is 2. The highest BCUT2D eigenvalue weighted by molar-refractivity contribution is 7.99. The van der Waals surface area contributed by atoms with Crippen LogP contribution in [0.5, 0.6) is 5.75 Å². The fourth-order valence-corrected chi connectivity index (χ4v) is 4.38. The molecular formula is C23H26N2O3S. The summed E-state index contributed by atoms with van der Waals surface area (Å²) in [5.41, 5.74) is 2.00. The van der Waals surface area contributed by atoms with Crippen molar-refractivity contribution in [1.29, 1.82) is 0 Å². The number of fused-ring (bicyclic) bond motifs is 1. The van der Waals surface area contributed by atoms with Gasteiger partial charge in [-0.3, -0.25) is 9.36 Å². The minimum Gasteiger partial charge on any atom is -0.493 e. The maximum atomic E-state index is 13.1. The van der Waals surface area contributed by atoms with E-state index in [-0.39, 0.29) is 11.7 Å². The van der Waals surface area contributed by atoms with Crippen molar-refractivity contribution in [2.24, 2.45) is 0 Å². The second kappa shape index (κ2) is 9.46. The number of benzene rings is 2. The quantitative estimate of drug-likeness (QED) is 0.315. The largest absolute Gasteiger partial charge is 0.493 e. The second-order valence-electron chi connectivity index (χ2n) is 7.16. The van der Waals surface area contributed by atoms with E-state index in [1.54, 1.807) is 16.3 Å². The van der Waals surface area contributed by atoms with Crippen molar-refractivity contribution in [2.45, 2.75) is 44.0 Å². The van der Waals surface area contributed by atoms with E-state index in [1.807, 2.05) is 36.4 Å². The Labute approximate surface area is 175 Å². The molecule has 0 spiro atoms. The summed E-state index contributed by atoms with van der Waals surface area (Å²) in [5, 5.41) is 1.39. The highest BCUT2D eigenvalue weighted by atomic mass is 32.2. The first-order valence-electron chi connectivity index (χ1n) is 10.2. The van der Waals surface area contributed by atoms with E-state index in [4.69, 9.17) is 14.5 Å². The molecule has 0 N–H and O–H groups in total. The first-order chi connectivity index (χ1) is 14.2. The van der Waals surface area contributed by atoms with Gasteiger partial charge in [0.05, 0.1) is 30.2 Å². The van der Waals surface area contributed by atoms with E-state index in [2.05, 4.69) is 19.1 Å². The van der Waals surface area contributed by atoms with Crippen molar-refractivity contribution in [3.8, 4) is 5.75 Å². The first kappa shape index (κ1) is 20.0. The predicted molar refractivity (Wildman–Crippen MR) is 117 cm³/mol. The molecule has 5 nitrogen and oxygen atoms in total. The zero-order valence-electron chi connectivity index (χ0n) is 16.7. The van der Waals surface area contributed by atoms with Gasteiger partial charge in [-0.25, -0.2) is 4.98 Å². The van der Waals surface area contributed by atoms with Crippen LogP contribution in [0.1, 0.15) is 25.3 Å². The maximum Gasteiger partial charge on any atom is 0.262 e. The van der Waals surface area contributed by atoms with Gasteiger partial charge in [-0.15, -0.1) is 0 Å². The van der Waals surface area contributed by atoms with Gasteiger partial charge in [0.15, 0.2) is 5.16 Å². The summed E-state index contributed by atoms with van der Waals surface area (Å²) >= 11 is 1.56. The van der Waals surface area contributed by atoms with E-state index in [0.717, 1.165) is 42.3 Å². The molecule has 6 heteroatoms. The van der Waals surface area contributed by atoms with E-state index in [9.17, 15) is 4.79 Å². The Morgan fingerprint density at radius 3 is 2.97 bits per heavy atom. The van der Waals surface area contributed by atoms with E-state index in [1.165, 1.54) is 5.56 Å². The van der Waals surface area contributed by atoms with Crippen molar-refractivity contribution in [3.63, 3.8) is 0 Å². The topological polar surface area (TPSA) is 53.3 Å². The van der Waals surface area contributed by atoms with Gasteiger partial charge in [-0.2, -0.15) is 0 Å². The summed E-state index contributed by atoms with van der Waals surface area (Å²) in [5.74, 6) is 1.60. The van der Waals surface area contributed by atoms with E-state index >= 15 is 0 Å². The third-order valence-corrected chi connectivity index (χ3v) is 6.07. The molecule has 1 unspecified atom stereocenters. The molecule has 0 radical (unpaired) electrons. The van der Waals surface area contributed by atoms with Gasteiger partial charge in [0, 0.05) is 12.4 Å². The number of aromatic nitrogens is 2. The van der Waals surface area contributed by atoms with Gasteiger partial charge in [-0.1, -0.05) is 43.0 Å². The summed E-state index contributed by atoms with van der Waals surface area (Å²) in [6, 6.07) is 15.7. The third kappa shape index (κ3) is 4.82. The SMILES string of the molecule is CCc1cccc(OCCSc2nc3ccccc3c(=O)n2CC2CCCO2)c1. The molecule has 152 valence electrons. The summed E-state index contributed by atoms with van der Waals surface area (Å²) in [7, 11) is 0. The molecule has 2 heterocycles.